The summed E-state index contributed by atoms with van der Waals surface area (Å²) in [5.74, 6) is 0.657. The second-order valence-electron chi connectivity index (χ2n) is 7.25. The lowest BCUT2D eigenvalue weighted by molar-refractivity contribution is 0.0202. The molecule has 2 aromatic carbocycles. The predicted molar refractivity (Wildman–Crippen MR) is 104 cm³/mol. The first-order chi connectivity index (χ1) is 12.8. The van der Waals surface area contributed by atoms with Gasteiger partial charge in [-0.1, -0.05) is 43.5 Å². The van der Waals surface area contributed by atoms with Crippen molar-refractivity contribution in [2.75, 3.05) is 0 Å². The van der Waals surface area contributed by atoms with Gasteiger partial charge in [0.15, 0.2) is 5.58 Å². The molecule has 0 radical (unpaired) electrons. The quantitative estimate of drug-likeness (QED) is 0.714. The fraction of sp³-hybridized carbons (Fsp3) is 0.409. The lowest BCUT2D eigenvalue weighted by Gasteiger charge is -2.24. The molecule has 3 aromatic rings. The minimum Gasteiger partial charge on any atom is -0.436 e. The van der Waals surface area contributed by atoms with Crippen molar-refractivity contribution in [1.82, 2.24) is 4.98 Å². The van der Waals surface area contributed by atoms with Crippen LogP contribution in [0.2, 0.25) is 0 Å². The second-order valence-corrected chi connectivity index (χ2v) is 7.25. The second kappa shape index (κ2) is 8.02. The summed E-state index contributed by atoms with van der Waals surface area (Å²) >= 11 is 0. The van der Waals surface area contributed by atoms with Gasteiger partial charge in [0, 0.05) is 11.6 Å². The fourth-order valence-corrected chi connectivity index (χ4v) is 3.63. The van der Waals surface area contributed by atoms with E-state index in [0.29, 0.717) is 12.5 Å². The number of oxazole rings is 1. The lowest BCUT2D eigenvalue weighted by atomic mass is 9.95. The highest BCUT2D eigenvalue weighted by atomic mass is 16.5. The molecule has 2 N–H and O–H groups in total. The van der Waals surface area contributed by atoms with Crippen molar-refractivity contribution in [2.45, 2.75) is 57.3 Å². The zero-order chi connectivity index (χ0) is 17.8. The Labute approximate surface area is 154 Å². The van der Waals surface area contributed by atoms with E-state index in [1.807, 2.05) is 36.4 Å². The molecule has 0 amide bonds. The van der Waals surface area contributed by atoms with Crippen LogP contribution in [-0.4, -0.2) is 17.1 Å². The van der Waals surface area contributed by atoms with Gasteiger partial charge in [-0.25, -0.2) is 4.98 Å². The SMILES string of the molecule is NC1CCCCCC(OCc2ccc(-c3nc4ccccc4o3)cc2)C1. The molecule has 1 aliphatic rings. The minimum atomic E-state index is 0.279. The summed E-state index contributed by atoms with van der Waals surface area (Å²) in [6.07, 6.45) is 7.27. The Bertz CT molecular complexity index is 808. The van der Waals surface area contributed by atoms with E-state index in [-0.39, 0.29) is 12.1 Å². The fourth-order valence-electron chi connectivity index (χ4n) is 3.63. The zero-order valence-electron chi connectivity index (χ0n) is 15.1. The van der Waals surface area contributed by atoms with Crippen molar-refractivity contribution in [3.63, 3.8) is 0 Å². The van der Waals surface area contributed by atoms with Crippen molar-refractivity contribution in [3.8, 4) is 11.5 Å². The molecule has 1 saturated carbocycles. The molecule has 1 heterocycles. The third-order valence-electron chi connectivity index (χ3n) is 5.15. The predicted octanol–water partition coefficient (Wildman–Crippen LogP) is 5.06. The van der Waals surface area contributed by atoms with Crippen molar-refractivity contribution < 1.29 is 9.15 Å². The molecule has 2 unspecified atom stereocenters. The maximum atomic E-state index is 6.18. The van der Waals surface area contributed by atoms with Gasteiger partial charge in [0.05, 0.1) is 12.7 Å². The standard InChI is InChI=1S/C22H26N2O2/c23-18-6-2-1-3-7-19(14-18)25-15-16-10-12-17(13-11-16)22-24-20-8-4-5-9-21(20)26-22/h4-5,8-13,18-19H,1-3,6-7,14-15,23H2. The number of nitrogens with two attached hydrogens (primary N) is 1. The molecule has 1 aromatic heterocycles. The first-order valence-corrected chi connectivity index (χ1v) is 9.60. The van der Waals surface area contributed by atoms with Gasteiger partial charge in [-0.3, -0.25) is 0 Å². The minimum absolute atomic E-state index is 0.279. The topological polar surface area (TPSA) is 61.3 Å². The van der Waals surface area contributed by atoms with E-state index in [9.17, 15) is 0 Å². The Morgan fingerprint density at radius 2 is 1.81 bits per heavy atom. The van der Waals surface area contributed by atoms with E-state index < -0.39 is 0 Å². The molecule has 4 nitrogen and oxygen atoms in total. The number of benzene rings is 2. The maximum Gasteiger partial charge on any atom is 0.227 e. The highest BCUT2D eigenvalue weighted by Gasteiger charge is 2.17. The van der Waals surface area contributed by atoms with Gasteiger partial charge in [-0.05, 0) is 49.1 Å². The molecule has 136 valence electrons. The average Bonchev–Trinajstić information content (AvgIpc) is 3.08. The monoisotopic (exact) mass is 350 g/mol. The van der Waals surface area contributed by atoms with Crippen LogP contribution < -0.4 is 5.73 Å². The molecular formula is C22H26N2O2. The van der Waals surface area contributed by atoms with Crippen LogP contribution in [-0.2, 0) is 11.3 Å². The Balaban J connectivity index is 1.39. The van der Waals surface area contributed by atoms with Gasteiger partial charge in [-0.15, -0.1) is 0 Å². The van der Waals surface area contributed by atoms with Crippen molar-refractivity contribution in [1.29, 1.82) is 0 Å². The van der Waals surface area contributed by atoms with Crippen LogP contribution in [0.25, 0.3) is 22.6 Å². The Morgan fingerprint density at radius 3 is 2.65 bits per heavy atom. The first kappa shape index (κ1) is 17.3. The Hall–Kier alpha value is -2.17. The van der Waals surface area contributed by atoms with Crippen LogP contribution >= 0.6 is 0 Å². The number of hydrogen-bond donors (Lipinski definition) is 1. The van der Waals surface area contributed by atoms with Crippen LogP contribution in [0.1, 0.15) is 44.1 Å². The molecule has 4 rings (SSSR count). The van der Waals surface area contributed by atoms with Crippen molar-refractivity contribution in [3.05, 3.63) is 54.1 Å². The van der Waals surface area contributed by atoms with E-state index in [0.717, 1.165) is 35.9 Å². The summed E-state index contributed by atoms with van der Waals surface area (Å²) in [5, 5.41) is 0. The van der Waals surface area contributed by atoms with Gasteiger partial charge in [0.1, 0.15) is 5.52 Å². The zero-order valence-corrected chi connectivity index (χ0v) is 15.1. The summed E-state index contributed by atoms with van der Waals surface area (Å²) in [6, 6.07) is 16.4. The third-order valence-corrected chi connectivity index (χ3v) is 5.15. The third kappa shape index (κ3) is 4.14. The van der Waals surface area contributed by atoms with E-state index in [1.165, 1.54) is 24.8 Å². The Kier molecular flexibility index (Phi) is 5.32. The smallest absolute Gasteiger partial charge is 0.227 e. The van der Waals surface area contributed by atoms with E-state index in [1.54, 1.807) is 0 Å². The van der Waals surface area contributed by atoms with Gasteiger partial charge in [0.25, 0.3) is 0 Å². The number of aromatic nitrogens is 1. The number of hydrogen-bond acceptors (Lipinski definition) is 4. The Morgan fingerprint density at radius 1 is 1.00 bits per heavy atom. The molecule has 0 saturated heterocycles. The summed E-state index contributed by atoms with van der Waals surface area (Å²) in [4.78, 5) is 4.55. The largest absolute Gasteiger partial charge is 0.436 e. The molecule has 0 bridgehead atoms. The number of para-hydroxylation sites is 2. The summed E-state index contributed by atoms with van der Waals surface area (Å²) in [6.45, 7) is 0.630. The molecule has 1 fully saturated rings. The first-order valence-electron chi connectivity index (χ1n) is 9.60. The van der Waals surface area contributed by atoms with E-state index in [2.05, 4.69) is 17.1 Å². The molecular weight excluding hydrogens is 324 g/mol. The van der Waals surface area contributed by atoms with Gasteiger partial charge >= 0.3 is 0 Å². The molecule has 4 heteroatoms. The highest BCUT2D eigenvalue weighted by molar-refractivity contribution is 5.75. The molecule has 0 spiro atoms. The lowest BCUT2D eigenvalue weighted by Crippen LogP contribution is -2.29. The van der Waals surface area contributed by atoms with Crippen LogP contribution in [0, 0.1) is 0 Å². The van der Waals surface area contributed by atoms with Gasteiger partial charge in [-0.2, -0.15) is 0 Å². The summed E-state index contributed by atoms with van der Waals surface area (Å²) in [5.41, 5.74) is 10.0. The summed E-state index contributed by atoms with van der Waals surface area (Å²) < 4.78 is 12.0. The van der Waals surface area contributed by atoms with Crippen molar-refractivity contribution in [2.24, 2.45) is 5.73 Å². The van der Waals surface area contributed by atoms with E-state index >= 15 is 0 Å². The van der Waals surface area contributed by atoms with Gasteiger partial charge in [0.2, 0.25) is 5.89 Å². The number of rotatable bonds is 4. The maximum absolute atomic E-state index is 6.18. The summed E-state index contributed by atoms with van der Waals surface area (Å²) in [7, 11) is 0. The normalized spacial score (nSPS) is 21.4. The number of fused-ring (bicyclic) bond motifs is 1. The number of ether oxygens (including phenoxy) is 1. The molecule has 2 atom stereocenters. The molecule has 1 aliphatic carbocycles. The number of nitrogens with zero attached hydrogens (tertiary/aromatic N) is 1. The molecule has 26 heavy (non-hydrogen) atoms. The van der Waals surface area contributed by atoms with Crippen molar-refractivity contribution >= 4 is 11.1 Å². The van der Waals surface area contributed by atoms with E-state index in [4.69, 9.17) is 14.9 Å². The van der Waals surface area contributed by atoms with Crippen LogP contribution in [0.4, 0.5) is 0 Å². The van der Waals surface area contributed by atoms with Crippen LogP contribution in [0.5, 0.6) is 0 Å². The van der Waals surface area contributed by atoms with Gasteiger partial charge < -0.3 is 14.9 Å². The molecule has 0 aliphatic heterocycles. The highest BCUT2D eigenvalue weighted by Crippen LogP contribution is 2.25. The van der Waals surface area contributed by atoms with Crippen LogP contribution in [0.15, 0.2) is 52.9 Å². The van der Waals surface area contributed by atoms with Crippen LogP contribution in [0.3, 0.4) is 0 Å². The average molecular weight is 350 g/mol.